The molecule has 3 nitrogen and oxygen atoms in total. The maximum Gasteiger partial charge on any atom is 0.323 e. The Kier molecular flexibility index (Phi) is 2.66. The highest BCUT2D eigenvalue weighted by molar-refractivity contribution is 5.77. The second-order valence-electron chi connectivity index (χ2n) is 4.70. The molecular weight excluding hydrogens is 166 g/mol. The van der Waals surface area contributed by atoms with Crippen molar-refractivity contribution in [3.63, 3.8) is 0 Å². The Morgan fingerprint density at radius 2 is 2.00 bits per heavy atom. The van der Waals surface area contributed by atoms with E-state index in [1.54, 1.807) is 0 Å². The number of ether oxygens (including phenoxy) is 1. The predicted molar refractivity (Wildman–Crippen MR) is 51.5 cm³/mol. The van der Waals surface area contributed by atoms with E-state index in [-0.39, 0.29) is 17.6 Å². The van der Waals surface area contributed by atoms with E-state index < -0.39 is 0 Å². The smallest absolute Gasteiger partial charge is 0.323 e. The minimum atomic E-state index is -0.104. The monoisotopic (exact) mass is 185 g/mol. The van der Waals surface area contributed by atoms with Crippen molar-refractivity contribution in [3.05, 3.63) is 0 Å². The van der Waals surface area contributed by atoms with Gasteiger partial charge in [0, 0.05) is 11.6 Å². The standard InChI is InChI=1S/C10H19NO2/c1-7-6-8(9(12)13-5)11(7)10(2,3)4/h7-8H,6H2,1-5H3/t7-,8-/m0/s1. The summed E-state index contributed by atoms with van der Waals surface area (Å²) in [6.45, 7) is 8.51. The lowest BCUT2D eigenvalue weighted by Gasteiger charge is -2.52. The van der Waals surface area contributed by atoms with Crippen molar-refractivity contribution in [1.29, 1.82) is 0 Å². The predicted octanol–water partition coefficient (Wildman–Crippen LogP) is 1.42. The van der Waals surface area contributed by atoms with Gasteiger partial charge in [-0.2, -0.15) is 0 Å². The van der Waals surface area contributed by atoms with Crippen molar-refractivity contribution < 1.29 is 9.53 Å². The van der Waals surface area contributed by atoms with Gasteiger partial charge in [0.05, 0.1) is 7.11 Å². The number of rotatable bonds is 1. The zero-order valence-electron chi connectivity index (χ0n) is 9.13. The molecule has 0 amide bonds. The molecule has 0 aromatic heterocycles. The van der Waals surface area contributed by atoms with Gasteiger partial charge in [-0.15, -0.1) is 0 Å². The molecule has 1 aliphatic heterocycles. The van der Waals surface area contributed by atoms with Gasteiger partial charge in [-0.3, -0.25) is 9.69 Å². The first kappa shape index (κ1) is 10.5. The van der Waals surface area contributed by atoms with Crippen LogP contribution in [0.4, 0.5) is 0 Å². The van der Waals surface area contributed by atoms with E-state index >= 15 is 0 Å². The van der Waals surface area contributed by atoms with Crippen LogP contribution in [0.15, 0.2) is 0 Å². The molecule has 1 rings (SSSR count). The van der Waals surface area contributed by atoms with Gasteiger partial charge < -0.3 is 4.74 Å². The lowest BCUT2D eigenvalue weighted by molar-refractivity contribution is -0.162. The Morgan fingerprint density at radius 3 is 2.31 bits per heavy atom. The van der Waals surface area contributed by atoms with Gasteiger partial charge in [0.15, 0.2) is 0 Å². The Balaban J connectivity index is 2.67. The summed E-state index contributed by atoms with van der Waals surface area (Å²) in [6, 6.07) is 0.462. The van der Waals surface area contributed by atoms with Crippen molar-refractivity contribution >= 4 is 5.97 Å². The first-order valence-electron chi connectivity index (χ1n) is 4.74. The van der Waals surface area contributed by atoms with Gasteiger partial charge >= 0.3 is 5.97 Å². The molecule has 13 heavy (non-hydrogen) atoms. The van der Waals surface area contributed by atoms with E-state index in [0.717, 1.165) is 6.42 Å². The molecular formula is C10H19NO2. The molecule has 2 atom stereocenters. The molecule has 0 spiro atoms. The van der Waals surface area contributed by atoms with Gasteiger partial charge in [0.1, 0.15) is 6.04 Å². The minimum Gasteiger partial charge on any atom is -0.468 e. The van der Waals surface area contributed by atoms with Crippen molar-refractivity contribution in [2.75, 3.05) is 7.11 Å². The average molecular weight is 185 g/mol. The topological polar surface area (TPSA) is 29.5 Å². The number of esters is 1. The summed E-state index contributed by atoms with van der Waals surface area (Å²) in [4.78, 5) is 13.5. The molecule has 76 valence electrons. The summed E-state index contributed by atoms with van der Waals surface area (Å²) in [6.07, 6.45) is 0.921. The summed E-state index contributed by atoms with van der Waals surface area (Å²) in [5.41, 5.74) is 0.0521. The largest absolute Gasteiger partial charge is 0.468 e. The number of methoxy groups -OCH3 is 1. The highest BCUT2D eigenvalue weighted by atomic mass is 16.5. The molecule has 3 heteroatoms. The van der Waals surface area contributed by atoms with Crippen LogP contribution >= 0.6 is 0 Å². The van der Waals surface area contributed by atoms with E-state index in [0.29, 0.717) is 6.04 Å². The Morgan fingerprint density at radius 1 is 1.46 bits per heavy atom. The second kappa shape index (κ2) is 3.29. The molecule has 0 radical (unpaired) electrons. The molecule has 1 saturated heterocycles. The van der Waals surface area contributed by atoms with Gasteiger partial charge in [-0.1, -0.05) is 0 Å². The third kappa shape index (κ3) is 1.85. The molecule has 0 aliphatic carbocycles. The number of hydrogen-bond acceptors (Lipinski definition) is 3. The Bertz CT molecular complexity index is 207. The fourth-order valence-electron chi connectivity index (χ4n) is 2.19. The quantitative estimate of drug-likeness (QED) is 0.579. The molecule has 0 unspecified atom stereocenters. The number of hydrogen-bond donors (Lipinski definition) is 0. The SMILES string of the molecule is COC(=O)[C@@H]1C[C@H](C)N1C(C)(C)C. The minimum absolute atomic E-state index is 0.0278. The van der Waals surface area contributed by atoms with E-state index in [9.17, 15) is 4.79 Å². The van der Waals surface area contributed by atoms with Crippen LogP contribution in [0.25, 0.3) is 0 Å². The van der Waals surface area contributed by atoms with Gasteiger partial charge in [-0.05, 0) is 34.1 Å². The zero-order chi connectivity index (χ0) is 10.2. The average Bonchev–Trinajstić information content (AvgIpc) is 1.95. The first-order valence-corrected chi connectivity index (χ1v) is 4.74. The highest BCUT2D eigenvalue weighted by Crippen LogP contribution is 2.33. The highest BCUT2D eigenvalue weighted by Gasteiger charge is 2.46. The number of carbonyl (C=O) groups is 1. The normalized spacial score (nSPS) is 29.6. The third-order valence-corrected chi connectivity index (χ3v) is 2.62. The van der Waals surface area contributed by atoms with Crippen LogP contribution in [0.5, 0.6) is 0 Å². The van der Waals surface area contributed by atoms with Crippen LogP contribution in [0.2, 0.25) is 0 Å². The summed E-state index contributed by atoms with van der Waals surface area (Å²) >= 11 is 0. The van der Waals surface area contributed by atoms with E-state index in [1.165, 1.54) is 7.11 Å². The number of nitrogens with zero attached hydrogens (tertiary/aromatic N) is 1. The molecule has 1 heterocycles. The lowest BCUT2D eigenvalue weighted by Crippen LogP contribution is -2.65. The Hall–Kier alpha value is -0.570. The van der Waals surface area contributed by atoms with Crippen LogP contribution in [-0.4, -0.2) is 35.6 Å². The fourth-order valence-corrected chi connectivity index (χ4v) is 2.19. The van der Waals surface area contributed by atoms with Crippen LogP contribution in [0.1, 0.15) is 34.1 Å². The summed E-state index contributed by atoms with van der Waals surface area (Å²) in [5.74, 6) is -0.104. The maximum atomic E-state index is 11.3. The van der Waals surface area contributed by atoms with Gasteiger partial charge in [-0.25, -0.2) is 0 Å². The van der Waals surface area contributed by atoms with Crippen LogP contribution in [0.3, 0.4) is 0 Å². The summed E-state index contributed by atoms with van der Waals surface area (Å²) in [7, 11) is 1.45. The van der Waals surface area contributed by atoms with Gasteiger partial charge in [0.2, 0.25) is 0 Å². The molecule has 1 fully saturated rings. The van der Waals surface area contributed by atoms with Crippen LogP contribution < -0.4 is 0 Å². The number of likely N-dealkylation sites (tertiary alicyclic amines) is 1. The van der Waals surface area contributed by atoms with Crippen molar-refractivity contribution in [2.45, 2.75) is 51.7 Å². The Labute approximate surface area is 80.1 Å². The van der Waals surface area contributed by atoms with Crippen molar-refractivity contribution in [3.8, 4) is 0 Å². The second-order valence-corrected chi connectivity index (χ2v) is 4.70. The van der Waals surface area contributed by atoms with Crippen molar-refractivity contribution in [2.24, 2.45) is 0 Å². The molecule has 0 saturated carbocycles. The van der Waals surface area contributed by atoms with Crippen LogP contribution in [0, 0.1) is 0 Å². The molecule has 0 aromatic carbocycles. The zero-order valence-corrected chi connectivity index (χ0v) is 9.13. The maximum absolute atomic E-state index is 11.3. The molecule has 1 aliphatic rings. The summed E-state index contributed by atoms with van der Waals surface area (Å²) in [5, 5.41) is 0. The first-order chi connectivity index (χ1) is 5.88. The van der Waals surface area contributed by atoms with Crippen molar-refractivity contribution in [1.82, 2.24) is 4.90 Å². The number of carbonyl (C=O) groups excluding carboxylic acids is 1. The molecule has 0 bridgehead atoms. The fraction of sp³-hybridized carbons (Fsp3) is 0.900. The molecule has 0 aromatic rings. The lowest BCUT2D eigenvalue weighted by atomic mass is 9.87. The van der Waals surface area contributed by atoms with E-state index in [2.05, 4.69) is 32.6 Å². The molecule has 0 N–H and O–H groups in total. The van der Waals surface area contributed by atoms with E-state index in [4.69, 9.17) is 4.74 Å². The van der Waals surface area contributed by atoms with Crippen LogP contribution in [-0.2, 0) is 9.53 Å². The van der Waals surface area contributed by atoms with Gasteiger partial charge in [0.25, 0.3) is 0 Å². The van der Waals surface area contributed by atoms with E-state index in [1.807, 2.05) is 0 Å². The summed E-state index contributed by atoms with van der Waals surface area (Å²) < 4.78 is 4.75. The third-order valence-electron chi connectivity index (χ3n) is 2.62.